The van der Waals surface area contributed by atoms with Crippen molar-refractivity contribution < 1.29 is 4.74 Å². The maximum atomic E-state index is 5.58. The minimum Gasteiger partial charge on any atom is -0.493 e. The third kappa shape index (κ3) is 2.91. The van der Waals surface area contributed by atoms with E-state index in [0.717, 1.165) is 51.5 Å². The largest absolute Gasteiger partial charge is 0.493 e. The van der Waals surface area contributed by atoms with Crippen molar-refractivity contribution in [1.82, 2.24) is 15.5 Å². The highest BCUT2D eigenvalue weighted by Gasteiger charge is 2.19. The highest BCUT2D eigenvalue weighted by Crippen LogP contribution is 2.28. The van der Waals surface area contributed by atoms with E-state index in [4.69, 9.17) is 4.74 Å². The Morgan fingerprint density at radius 3 is 3.00 bits per heavy atom. The summed E-state index contributed by atoms with van der Waals surface area (Å²) < 4.78 is 5.58. The predicted octanol–water partition coefficient (Wildman–Crippen LogP) is 0.787. The lowest BCUT2D eigenvalue weighted by molar-refractivity contribution is 0.219. The van der Waals surface area contributed by atoms with Gasteiger partial charge in [-0.1, -0.05) is 12.1 Å². The fourth-order valence-corrected chi connectivity index (χ4v) is 2.94. The minimum absolute atomic E-state index is 0.406. The van der Waals surface area contributed by atoms with E-state index in [1.807, 2.05) is 0 Å². The van der Waals surface area contributed by atoms with E-state index in [-0.39, 0.29) is 0 Å². The van der Waals surface area contributed by atoms with Gasteiger partial charge in [-0.2, -0.15) is 0 Å². The summed E-state index contributed by atoms with van der Waals surface area (Å²) in [7, 11) is 2.05. The molecule has 1 saturated heterocycles. The quantitative estimate of drug-likeness (QED) is 0.840. The molecule has 3 rings (SSSR count). The van der Waals surface area contributed by atoms with Crippen molar-refractivity contribution in [3.8, 4) is 5.75 Å². The maximum absolute atomic E-state index is 5.58. The van der Waals surface area contributed by atoms with Gasteiger partial charge in [0, 0.05) is 45.2 Å². The lowest BCUT2D eigenvalue weighted by Gasteiger charge is -2.31. The molecule has 0 radical (unpaired) electrons. The van der Waals surface area contributed by atoms with Crippen LogP contribution < -0.4 is 15.4 Å². The topological polar surface area (TPSA) is 36.5 Å². The number of likely N-dealkylation sites (N-methyl/N-ethyl adjacent to an activating group) is 1. The Morgan fingerprint density at radius 2 is 2.21 bits per heavy atom. The number of benzene rings is 1. The Bertz CT molecular complexity index is 429. The SMILES string of the molecule is CNC(CN1CCNCC1)c1ccc2c(c1)CCO2. The van der Waals surface area contributed by atoms with Crippen LogP contribution in [0.4, 0.5) is 0 Å². The van der Waals surface area contributed by atoms with Crippen LogP contribution in [0.5, 0.6) is 5.75 Å². The van der Waals surface area contributed by atoms with Crippen LogP contribution in [0, 0.1) is 0 Å². The van der Waals surface area contributed by atoms with Gasteiger partial charge in [0.25, 0.3) is 0 Å². The van der Waals surface area contributed by atoms with Crippen LogP contribution in [-0.2, 0) is 6.42 Å². The molecule has 0 amide bonds. The number of ether oxygens (including phenoxy) is 1. The molecular weight excluding hydrogens is 238 g/mol. The summed E-state index contributed by atoms with van der Waals surface area (Å²) in [6, 6.07) is 7.04. The second-order valence-corrected chi connectivity index (χ2v) is 5.36. The number of fused-ring (bicyclic) bond motifs is 1. The second-order valence-electron chi connectivity index (χ2n) is 5.36. The zero-order chi connectivity index (χ0) is 13.1. The summed E-state index contributed by atoms with van der Waals surface area (Å²) in [5.74, 6) is 1.07. The molecule has 0 saturated carbocycles. The highest BCUT2D eigenvalue weighted by molar-refractivity contribution is 5.40. The summed E-state index contributed by atoms with van der Waals surface area (Å²) in [5, 5.41) is 6.86. The molecule has 4 nitrogen and oxygen atoms in total. The molecule has 2 aliphatic heterocycles. The van der Waals surface area contributed by atoms with E-state index in [2.05, 4.69) is 40.8 Å². The zero-order valence-corrected chi connectivity index (χ0v) is 11.6. The number of piperazine rings is 1. The van der Waals surface area contributed by atoms with E-state index < -0.39 is 0 Å². The van der Waals surface area contributed by atoms with Crippen LogP contribution in [0.25, 0.3) is 0 Å². The molecular formula is C15H23N3O. The Kier molecular flexibility index (Phi) is 4.01. The normalized spacial score (nSPS) is 20.9. The van der Waals surface area contributed by atoms with Crippen molar-refractivity contribution in [2.75, 3.05) is 46.4 Å². The van der Waals surface area contributed by atoms with Gasteiger partial charge in [-0.05, 0) is 24.2 Å². The van der Waals surface area contributed by atoms with E-state index in [1.54, 1.807) is 0 Å². The highest BCUT2D eigenvalue weighted by atomic mass is 16.5. The number of nitrogens with zero attached hydrogens (tertiary/aromatic N) is 1. The van der Waals surface area contributed by atoms with E-state index in [9.17, 15) is 0 Å². The Morgan fingerprint density at radius 1 is 1.37 bits per heavy atom. The second kappa shape index (κ2) is 5.90. The van der Waals surface area contributed by atoms with Crippen molar-refractivity contribution in [1.29, 1.82) is 0 Å². The Hall–Kier alpha value is -1.10. The van der Waals surface area contributed by atoms with Crippen LogP contribution in [0.15, 0.2) is 18.2 Å². The third-order valence-corrected chi connectivity index (χ3v) is 4.11. The van der Waals surface area contributed by atoms with Crippen LogP contribution in [0.2, 0.25) is 0 Å². The Balaban J connectivity index is 1.70. The molecule has 1 atom stereocenters. The first-order valence-electron chi connectivity index (χ1n) is 7.23. The summed E-state index contributed by atoms with van der Waals surface area (Å²) in [6.07, 6.45) is 1.05. The van der Waals surface area contributed by atoms with Gasteiger partial charge in [-0.3, -0.25) is 4.90 Å². The van der Waals surface area contributed by atoms with Crippen molar-refractivity contribution in [3.63, 3.8) is 0 Å². The van der Waals surface area contributed by atoms with Crippen LogP contribution in [0.3, 0.4) is 0 Å². The molecule has 0 aliphatic carbocycles. The lowest BCUT2D eigenvalue weighted by Crippen LogP contribution is -2.46. The van der Waals surface area contributed by atoms with E-state index in [1.165, 1.54) is 11.1 Å². The van der Waals surface area contributed by atoms with Gasteiger partial charge >= 0.3 is 0 Å². The van der Waals surface area contributed by atoms with E-state index in [0.29, 0.717) is 6.04 Å². The third-order valence-electron chi connectivity index (χ3n) is 4.11. The summed E-state index contributed by atoms with van der Waals surface area (Å²) in [4.78, 5) is 2.53. The van der Waals surface area contributed by atoms with Crippen LogP contribution >= 0.6 is 0 Å². The number of nitrogens with one attached hydrogen (secondary N) is 2. The number of rotatable bonds is 4. The van der Waals surface area contributed by atoms with Gasteiger partial charge in [0.05, 0.1) is 6.61 Å². The average molecular weight is 261 g/mol. The first kappa shape index (κ1) is 12.9. The summed E-state index contributed by atoms with van der Waals surface area (Å²) in [6.45, 7) is 6.42. The minimum atomic E-state index is 0.406. The maximum Gasteiger partial charge on any atom is 0.122 e. The smallest absolute Gasteiger partial charge is 0.122 e. The van der Waals surface area contributed by atoms with Crippen molar-refractivity contribution in [2.45, 2.75) is 12.5 Å². The first-order valence-corrected chi connectivity index (χ1v) is 7.23. The molecule has 2 aliphatic rings. The predicted molar refractivity (Wildman–Crippen MR) is 76.8 cm³/mol. The fourth-order valence-electron chi connectivity index (χ4n) is 2.94. The van der Waals surface area contributed by atoms with Gasteiger partial charge < -0.3 is 15.4 Å². The summed E-state index contributed by atoms with van der Waals surface area (Å²) >= 11 is 0. The first-order chi connectivity index (χ1) is 9.36. The van der Waals surface area contributed by atoms with Gasteiger partial charge in [0.15, 0.2) is 0 Å². The molecule has 2 heterocycles. The molecule has 0 spiro atoms. The molecule has 19 heavy (non-hydrogen) atoms. The molecule has 104 valence electrons. The zero-order valence-electron chi connectivity index (χ0n) is 11.6. The van der Waals surface area contributed by atoms with E-state index >= 15 is 0 Å². The molecule has 1 fully saturated rings. The van der Waals surface area contributed by atoms with Crippen LogP contribution in [0.1, 0.15) is 17.2 Å². The summed E-state index contributed by atoms with van der Waals surface area (Å²) in [5.41, 5.74) is 2.74. The number of hydrogen-bond donors (Lipinski definition) is 2. The Labute approximate surface area is 115 Å². The van der Waals surface area contributed by atoms with Gasteiger partial charge in [-0.15, -0.1) is 0 Å². The lowest BCUT2D eigenvalue weighted by atomic mass is 10.0. The van der Waals surface area contributed by atoms with Gasteiger partial charge in [0.2, 0.25) is 0 Å². The number of hydrogen-bond acceptors (Lipinski definition) is 4. The average Bonchev–Trinajstić information content (AvgIpc) is 2.93. The van der Waals surface area contributed by atoms with Crippen molar-refractivity contribution in [3.05, 3.63) is 29.3 Å². The molecule has 1 aromatic carbocycles. The van der Waals surface area contributed by atoms with Crippen molar-refractivity contribution >= 4 is 0 Å². The van der Waals surface area contributed by atoms with Gasteiger partial charge in [0.1, 0.15) is 5.75 Å². The van der Waals surface area contributed by atoms with Crippen LogP contribution in [-0.4, -0.2) is 51.3 Å². The monoisotopic (exact) mass is 261 g/mol. The standard InChI is InChI=1S/C15H23N3O/c1-16-14(11-18-7-5-17-6-8-18)12-2-3-15-13(10-12)4-9-19-15/h2-3,10,14,16-17H,4-9,11H2,1H3. The fraction of sp³-hybridized carbons (Fsp3) is 0.600. The molecule has 0 aromatic heterocycles. The molecule has 1 unspecified atom stereocenters. The molecule has 0 bridgehead atoms. The molecule has 1 aromatic rings. The van der Waals surface area contributed by atoms with Crippen molar-refractivity contribution in [2.24, 2.45) is 0 Å². The molecule has 2 N–H and O–H groups in total. The van der Waals surface area contributed by atoms with Gasteiger partial charge in [-0.25, -0.2) is 0 Å². The molecule has 4 heteroatoms.